The molecule has 2 rings (SSSR count). The van der Waals surface area contributed by atoms with Crippen LogP contribution < -0.4 is 19.9 Å². The first kappa shape index (κ1) is 15.7. The summed E-state index contributed by atoms with van der Waals surface area (Å²) in [6.07, 6.45) is 1.84. The number of rotatable bonds is 7. The minimum atomic E-state index is -0.0687. The molecule has 1 unspecified atom stereocenters. The van der Waals surface area contributed by atoms with Crippen molar-refractivity contribution in [3.05, 3.63) is 40.1 Å². The molecule has 1 aromatic carbocycles. The number of hydrogen-bond acceptors (Lipinski definition) is 5. The van der Waals surface area contributed by atoms with Gasteiger partial charge in [0, 0.05) is 10.9 Å². The van der Waals surface area contributed by atoms with E-state index >= 15 is 0 Å². The van der Waals surface area contributed by atoms with Crippen LogP contribution in [-0.4, -0.2) is 21.3 Å². The van der Waals surface area contributed by atoms with E-state index in [9.17, 15) is 0 Å². The van der Waals surface area contributed by atoms with Crippen molar-refractivity contribution in [2.75, 3.05) is 21.3 Å². The molecule has 0 aliphatic heterocycles. The summed E-state index contributed by atoms with van der Waals surface area (Å²) in [6, 6.07) is 7.96. The van der Waals surface area contributed by atoms with Gasteiger partial charge in [0.2, 0.25) is 5.75 Å². The van der Waals surface area contributed by atoms with Crippen LogP contribution >= 0.6 is 11.3 Å². The molecular formula is C16H21NO3S. The van der Waals surface area contributed by atoms with Crippen molar-refractivity contribution in [3.63, 3.8) is 0 Å². The molecule has 0 fully saturated rings. The smallest absolute Gasteiger partial charge is 0.203 e. The Kier molecular flexibility index (Phi) is 5.47. The third kappa shape index (κ3) is 3.68. The Morgan fingerprint density at radius 2 is 1.76 bits per heavy atom. The third-order valence-electron chi connectivity index (χ3n) is 3.40. The molecule has 4 nitrogen and oxygen atoms in total. The highest BCUT2D eigenvalue weighted by Gasteiger charge is 2.16. The summed E-state index contributed by atoms with van der Waals surface area (Å²) in [5.41, 5.74) is 7.29. The fourth-order valence-corrected chi connectivity index (χ4v) is 2.96. The number of nitrogens with two attached hydrogens (primary N) is 1. The van der Waals surface area contributed by atoms with Crippen LogP contribution in [0.5, 0.6) is 17.2 Å². The molecule has 1 atom stereocenters. The Morgan fingerprint density at radius 1 is 1.10 bits per heavy atom. The summed E-state index contributed by atoms with van der Waals surface area (Å²) >= 11 is 1.76. The van der Waals surface area contributed by atoms with Gasteiger partial charge in [0.05, 0.1) is 21.3 Å². The SMILES string of the molecule is COc1cc(C(N)CCc2cccs2)cc(OC)c1OC. The quantitative estimate of drug-likeness (QED) is 0.851. The molecule has 1 aromatic heterocycles. The average molecular weight is 307 g/mol. The van der Waals surface area contributed by atoms with Crippen LogP contribution in [0.2, 0.25) is 0 Å². The van der Waals surface area contributed by atoms with Gasteiger partial charge in [-0.3, -0.25) is 0 Å². The van der Waals surface area contributed by atoms with Crippen molar-refractivity contribution in [1.82, 2.24) is 0 Å². The summed E-state index contributed by atoms with van der Waals surface area (Å²) in [5.74, 6) is 1.87. The van der Waals surface area contributed by atoms with Crippen LogP contribution in [0.25, 0.3) is 0 Å². The van der Waals surface area contributed by atoms with Crippen LogP contribution in [0.15, 0.2) is 29.6 Å². The second-order valence-electron chi connectivity index (χ2n) is 4.68. The van der Waals surface area contributed by atoms with Crippen molar-refractivity contribution in [3.8, 4) is 17.2 Å². The van der Waals surface area contributed by atoms with E-state index in [-0.39, 0.29) is 6.04 Å². The first-order valence-electron chi connectivity index (χ1n) is 6.77. The number of ether oxygens (including phenoxy) is 3. The molecule has 0 saturated carbocycles. The molecule has 0 amide bonds. The lowest BCUT2D eigenvalue weighted by atomic mass is 10.0. The van der Waals surface area contributed by atoms with Crippen LogP contribution in [0, 0.1) is 0 Å². The van der Waals surface area contributed by atoms with E-state index in [1.54, 1.807) is 32.7 Å². The maximum Gasteiger partial charge on any atom is 0.203 e. The van der Waals surface area contributed by atoms with Gasteiger partial charge in [0.25, 0.3) is 0 Å². The predicted octanol–water partition coefficient (Wildman–Crippen LogP) is 3.41. The molecule has 21 heavy (non-hydrogen) atoms. The highest BCUT2D eigenvalue weighted by atomic mass is 32.1. The summed E-state index contributed by atoms with van der Waals surface area (Å²) < 4.78 is 16.0. The van der Waals surface area contributed by atoms with Gasteiger partial charge in [0.1, 0.15) is 0 Å². The lowest BCUT2D eigenvalue weighted by molar-refractivity contribution is 0.323. The Balaban J connectivity index is 2.18. The van der Waals surface area contributed by atoms with Crippen LogP contribution in [-0.2, 0) is 6.42 Å². The molecule has 2 N–H and O–H groups in total. The lowest BCUT2D eigenvalue weighted by Gasteiger charge is -2.17. The van der Waals surface area contributed by atoms with Gasteiger partial charge in [-0.2, -0.15) is 0 Å². The van der Waals surface area contributed by atoms with Crippen molar-refractivity contribution in [1.29, 1.82) is 0 Å². The van der Waals surface area contributed by atoms with E-state index in [4.69, 9.17) is 19.9 Å². The normalized spacial score (nSPS) is 12.0. The number of benzene rings is 1. The summed E-state index contributed by atoms with van der Waals surface area (Å²) in [4.78, 5) is 1.35. The van der Waals surface area contributed by atoms with E-state index in [0.29, 0.717) is 17.2 Å². The number of aryl methyl sites for hydroxylation is 1. The number of thiophene rings is 1. The number of hydrogen-bond donors (Lipinski definition) is 1. The molecule has 0 aliphatic rings. The fourth-order valence-electron chi connectivity index (χ4n) is 2.23. The summed E-state index contributed by atoms with van der Waals surface area (Å²) in [7, 11) is 4.81. The van der Waals surface area contributed by atoms with Gasteiger partial charge >= 0.3 is 0 Å². The van der Waals surface area contributed by atoms with Crippen molar-refractivity contribution in [2.45, 2.75) is 18.9 Å². The zero-order valence-electron chi connectivity index (χ0n) is 12.6. The molecular weight excluding hydrogens is 286 g/mol. The highest BCUT2D eigenvalue weighted by molar-refractivity contribution is 7.09. The Hall–Kier alpha value is -1.72. The molecule has 1 heterocycles. The Bertz CT molecular complexity index is 544. The largest absolute Gasteiger partial charge is 0.493 e. The van der Waals surface area contributed by atoms with Gasteiger partial charge in [-0.25, -0.2) is 0 Å². The highest BCUT2D eigenvalue weighted by Crippen LogP contribution is 2.39. The van der Waals surface area contributed by atoms with Gasteiger partial charge in [-0.1, -0.05) is 6.07 Å². The molecule has 2 aromatic rings. The first-order chi connectivity index (χ1) is 10.2. The van der Waals surface area contributed by atoms with E-state index in [0.717, 1.165) is 18.4 Å². The zero-order chi connectivity index (χ0) is 15.2. The molecule has 5 heteroatoms. The van der Waals surface area contributed by atoms with E-state index < -0.39 is 0 Å². The maximum atomic E-state index is 6.30. The van der Waals surface area contributed by atoms with Gasteiger partial charge in [-0.05, 0) is 42.0 Å². The molecule has 0 spiro atoms. The molecule has 114 valence electrons. The van der Waals surface area contributed by atoms with Crippen LogP contribution in [0.1, 0.15) is 22.9 Å². The van der Waals surface area contributed by atoms with E-state index in [2.05, 4.69) is 17.5 Å². The van der Waals surface area contributed by atoms with E-state index in [1.165, 1.54) is 4.88 Å². The van der Waals surface area contributed by atoms with Crippen molar-refractivity contribution < 1.29 is 14.2 Å². The van der Waals surface area contributed by atoms with Gasteiger partial charge < -0.3 is 19.9 Å². The lowest BCUT2D eigenvalue weighted by Crippen LogP contribution is -2.12. The first-order valence-corrected chi connectivity index (χ1v) is 7.65. The minimum Gasteiger partial charge on any atom is -0.493 e. The van der Waals surface area contributed by atoms with Crippen molar-refractivity contribution in [2.24, 2.45) is 5.73 Å². The maximum absolute atomic E-state index is 6.30. The Labute approximate surface area is 129 Å². The molecule has 0 bridgehead atoms. The van der Waals surface area contributed by atoms with Crippen molar-refractivity contribution >= 4 is 11.3 Å². The average Bonchev–Trinajstić information content (AvgIpc) is 3.04. The minimum absolute atomic E-state index is 0.0687. The second-order valence-corrected chi connectivity index (χ2v) is 5.72. The second kappa shape index (κ2) is 7.33. The molecule has 0 aliphatic carbocycles. The Morgan fingerprint density at radius 3 is 2.24 bits per heavy atom. The van der Waals surface area contributed by atoms with Crippen LogP contribution in [0.3, 0.4) is 0 Å². The van der Waals surface area contributed by atoms with Gasteiger partial charge in [0.15, 0.2) is 11.5 Å². The third-order valence-corrected chi connectivity index (χ3v) is 4.33. The molecule has 0 radical (unpaired) electrons. The summed E-state index contributed by atoms with van der Waals surface area (Å²) in [6.45, 7) is 0. The topological polar surface area (TPSA) is 53.7 Å². The summed E-state index contributed by atoms with van der Waals surface area (Å²) in [5, 5.41) is 2.08. The number of methoxy groups -OCH3 is 3. The van der Waals surface area contributed by atoms with Crippen LogP contribution in [0.4, 0.5) is 0 Å². The zero-order valence-corrected chi connectivity index (χ0v) is 13.4. The van der Waals surface area contributed by atoms with Gasteiger partial charge in [-0.15, -0.1) is 11.3 Å². The molecule has 0 saturated heterocycles. The standard InChI is InChI=1S/C16H21NO3S/c1-18-14-9-11(10-15(19-2)16(14)20-3)13(17)7-6-12-5-4-8-21-12/h4-5,8-10,13H,6-7,17H2,1-3H3. The fraction of sp³-hybridized carbons (Fsp3) is 0.375. The van der Waals surface area contributed by atoms with E-state index in [1.807, 2.05) is 12.1 Å². The predicted molar refractivity (Wildman–Crippen MR) is 85.7 cm³/mol. The monoisotopic (exact) mass is 307 g/mol.